The summed E-state index contributed by atoms with van der Waals surface area (Å²) in [5.74, 6) is -1.98. The molecule has 0 aliphatic carbocycles. The Morgan fingerprint density at radius 2 is 1.61 bits per heavy atom. The molecule has 0 bridgehead atoms. The highest BCUT2D eigenvalue weighted by atomic mass is 16.6. The average molecular weight is 334 g/mol. The quantitative estimate of drug-likeness (QED) is 0.233. The predicted molar refractivity (Wildman–Crippen MR) is 83.4 cm³/mol. The Morgan fingerprint density at radius 1 is 1.04 bits per heavy atom. The predicted octanol–water partition coefficient (Wildman–Crippen LogP) is 0.519. The first-order valence-electron chi connectivity index (χ1n) is 8.15. The van der Waals surface area contributed by atoms with E-state index in [-0.39, 0.29) is 6.42 Å². The Labute approximate surface area is 137 Å². The van der Waals surface area contributed by atoms with E-state index in [0.29, 0.717) is 12.3 Å². The van der Waals surface area contributed by atoms with Crippen molar-refractivity contribution in [3.63, 3.8) is 0 Å². The van der Waals surface area contributed by atoms with E-state index in [2.05, 4.69) is 18.6 Å². The molecule has 0 aliphatic heterocycles. The second-order valence-electron chi connectivity index (χ2n) is 6.30. The van der Waals surface area contributed by atoms with E-state index in [0.717, 1.165) is 25.7 Å². The first kappa shape index (κ1) is 22.0. The minimum absolute atomic E-state index is 0.0327. The van der Waals surface area contributed by atoms with Gasteiger partial charge in [0.2, 0.25) is 0 Å². The molecule has 0 spiro atoms. The van der Waals surface area contributed by atoms with Crippen LogP contribution in [0.5, 0.6) is 0 Å². The van der Waals surface area contributed by atoms with E-state index < -0.39 is 36.9 Å². The number of esters is 2. The Kier molecular flexibility index (Phi) is 11.0. The topological polar surface area (TPSA) is 124 Å². The van der Waals surface area contributed by atoms with E-state index in [1.165, 1.54) is 6.42 Å². The first-order chi connectivity index (χ1) is 10.8. The molecule has 136 valence electrons. The molecule has 4 N–H and O–H groups in total. The van der Waals surface area contributed by atoms with E-state index >= 15 is 0 Å². The third-order valence-electron chi connectivity index (χ3n) is 3.65. The van der Waals surface area contributed by atoms with E-state index in [1.807, 2.05) is 0 Å². The fourth-order valence-corrected chi connectivity index (χ4v) is 2.07. The van der Waals surface area contributed by atoms with E-state index in [4.69, 9.17) is 10.2 Å². The van der Waals surface area contributed by atoms with Crippen molar-refractivity contribution >= 4 is 11.9 Å². The minimum Gasteiger partial charge on any atom is -0.393 e. The van der Waals surface area contributed by atoms with Crippen molar-refractivity contribution in [3.05, 3.63) is 0 Å². The Hall–Kier alpha value is -1.02. The third-order valence-corrected chi connectivity index (χ3v) is 3.65. The average Bonchev–Trinajstić information content (AvgIpc) is 2.52. The van der Waals surface area contributed by atoms with Gasteiger partial charge in [-0.25, -0.2) is 9.59 Å². The summed E-state index contributed by atoms with van der Waals surface area (Å²) >= 11 is 0. The number of hydrogen-bond donors (Lipinski definition) is 4. The summed E-state index contributed by atoms with van der Waals surface area (Å²) in [4.78, 5) is 22.9. The number of unbranched alkanes of at least 4 members (excludes halogenated alkanes) is 4. The van der Waals surface area contributed by atoms with Crippen molar-refractivity contribution in [2.24, 2.45) is 5.92 Å². The van der Waals surface area contributed by atoms with Crippen LogP contribution in [0, 0.1) is 5.92 Å². The van der Waals surface area contributed by atoms with Crippen LogP contribution < -0.4 is 0 Å². The van der Waals surface area contributed by atoms with Crippen molar-refractivity contribution in [2.45, 2.75) is 70.5 Å². The zero-order valence-corrected chi connectivity index (χ0v) is 14.0. The van der Waals surface area contributed by atoms with Crippen LogP contribution in [0.1, 0.15) is 58.8 Å². The SMILES string of the molecule is CC(C)CCCCCCCC(O)(CO)C(=O)OC(=O)C(O)CO. The molecule has 7 nitrogen and oxygen atoms in total. The minimum atomic E-state index is -2.16. The molecule has 0 amide bonds. The lowest BCUT2D eigenvalue weighted by Crippen LogP contribution is -2.46. The normalized spacial score (nSPS) is 15.3. The second kappa shape index (κ2) is 11.5. The molecule has 23 heavy (non-hydrogen) atoms. The number of rotatable bonds is 12. The number of hydrogen-bond acceptors (Lipinski definition) is 7. The van der Waals surface area contributed by atoms with Gasteiger partial charge in [0.25, 0.3) is 0 Å². The number of aliphatic hydroxyl groups is 4. The van der Waals surface area contributed by atoms with Crippen molar-refractivity contribution in [2.75, 3.05) is 13.2 Å². The maximum atomic E-state index is 11.7. The maximum absolute atomic E-state index is 11.7. The molecule has 7 heteroatoms. The van der Waals surface area contributed by atoms with Crippen molar-refractivity contribution < 1.29 is 34.8 Å². The first-order valence-corrected chi connectivity index (χ1v) is 8.15. The van der Waals surface area contributed by atoms with Gasteiger partial charge in [0, 0.05) is 0 Å². The van der Waals surface area contributed by atoms with E-state index in [1.54, 1.807) is 0 Å². The molecule has 0 rings (SSSR count). The zero-order valence-electron chi connectivity index (χ0n) is 14.0. The zero-order chi connectivity index (χ0) is 17.9. The third kappa shape index (κ3) is 9.00. The molecule has 0 heterocycles. The fraction of sp³-hybridized carbons (Fsp3) is 0.875. The van der Waals surface area contributed by atoms with E-state index in [9.17, 15) is 19.8 Å². The van der Waals surface area contributed by atoms with Gasteiger partial charge in [0.05, 0.1) is 13.2 Å². The Bertz CT molecular complexity index is 356. The van der Waals surface area contributed by atoms with Crippen LogP contribution >= 0.6 is 0 Å². The largest absolute Gasteiger partial charge is 0.393 e. The molecule has 0 saturated heterocycles. The van der Waals surface area contributed by atoms with Crippen molar-refractivity contribution in [1.82, 2.24) is 0 Å². The lowest BCUT2D eigenvalue weighted by Gasteiger charge is -2.23. The molecule has 0 saturated carbocycles. The summed E-state index contributed by atoms with van der Waals surface area (Å²) in [5.41, 5.74) is -2.16. The van der Waals surface area contributed by atoms with Crippen LogP contribution in [-0.4, -0.2) is 57.3 Å². The maximum Gasteiger partial charge on any atom is 0.348 e. The van der Waals surface area contributed by atoms with Crippen LogP contribution in [0.2, 0.25) is 0 Å². The highest BCUT2D eigenvalue weighted by molar-refractivity contribution is 5.92. The van der Waals surface area contributed by atoms with Gasteiger partial charge in [-0.2, -0.15) is 0 Å². The van der Waals surface area contributed by atoms with Crippen molar-refractivity contribution in [3.8, 4) is 0 Å². The fourth-order valence-electron chi connectivity index (χ4n) is 2.07. The number of aliphatic hydroxyl groups excluding tert-OH is 3. The molecular formula is C16H30O7. The summed E-state index contributed by atoms with van der Waals surface area (Å²) in [5, 5.41) is 36.8. The van der Waals surface area contributed by atoms with Crippen LogP contribution in [0.3, 0.4) is 0 Å². The highest BCUT2D eigenvalue weighted by Gasteiger charge is 2.38. The summed E-state index contributed by atoms with van der Waals surface area (Å²) in [6.45, 7) is 2.58. The van der Waals surface area contributed by atoms with Crippen LogP contribution in [0.25, 0.3) is 0 Å². The standard InChI is InChI=1S/C16H30O7/c1-12(2)8-6-4-3-5-7-9-16(22,11-18)15(21)23-14(20)13(19)10-17/h12-13,17-19,22H,3-11H2,1-2H3. The summed E-state index contributed by atoms with van der Waals surface area (Å²) in [6, 6.07) is 0. The molecule has 0 aromatic rings. The summed E-state index contributed by atoms with van der Waals surface area (Å²) < 4.78 is 4.28. The molecular weight excluding hydrogens is 304 g/mol. The highest BCUT2D eigenvalue weighted by Crippen LogP contribution is 2.19. The lowest BCUT2D eigenvalue weighted by atomic mass is 9.96. The lowest BCUT2D eigenvalue weighted by molar-refractivity contribution is -0.183. The molecule has 2 unspecified atom stereocenters. The van der Waals surface area contributed by atoms with Crippen LogP contribution in [0.15, 0.2) is 0 Å². The number of ether oxygens (including phenoxy) is 1. The van der Waals surface area contributed by atoms with Gasteiger partial charge >= 0.3 is 11.9 Å². The molecule has 0 aromatic carbocycles. The second-order valence-corrected chi connectivity index (χ2v) is 6.30. The molecule has 2 atom stereocenters. The number of carbonyl (C=O) groups excluding carboxylic acids is 2. The van der Waals surface area contributed by atoms with Gasteiger partial charge in [-0.15, -0.1) is 0 Å². The molecule has 0 fully saturated rings. The molecule has 0 radical (unpaired) electrons. The smallest absolute Gasteiger partial charge is 0.348 e. The van der Waals surface area contributed by atoms with Gasteiger partial charge in [-0.3, -0.25) is 0 Å². The van der Waals surface area contributed by atoms with Crippen LogP contribution in [-0.2, 0) is 14.3 Å². The van der Waals surface area contributed by atoms with Crippen molar-refractivity contribution in [1.29, 1.82) is 0 Å². The Morgan fingerprint density at radius 3 is 2.13 bits per heavy atom. The number of carbonyl (C=O) groups is 2. The summed E-state index contributed by atoms with van der Waals surface area (Å²) in [7, 11) is 0. The Balaban J connectivity index is 4.13. The monoisotopic (exact) mass is 334 g/mol. The van der Waals surface area contributed by atoms with Gasteiger partial charge in [0.15, 0.2) is 11.7 Å². The molecule has 0 aromatic heterocycles. The summed E-state index contributed by atoms with van der Waals surface area (Å²) in [6.07, 6.45) is 3.76. The van der Waals surface area contributed by atoms with Gasteiger partial charge in [-0.1, -0.05) is 46.0 Å². The van der Waals surface area contributed by atoms with Gasteiger partial charge in [-0.05, 0) is 18.8 Å². The molecule has 0 aliphatic rings. The van der Waals surface area contributed by atoms with Gasteiger partial charge in [0.1, 0.15) is 0 Å². The van der Waals surface area contributed by atoms with Gasteiger partial charge < -0.3 is 25.2 Å². The van der Waals surface area contributed by atoms with Crippen LogP contribution in [0.4, 0.5) is 0 Å².